The normalized spacial score (nSPS) is 23.7. The van der Waals surface area contributed by atoms with E-state index in [-0.39, 0.29) is 11.9 Å². The van der Waals surface area contributed by atoms with E-state index >= 15 is 0 Å². The Morgan fingerprint density at radius 1 is 0.939 bits per heavy atom. The second-order valence-electron chi connectivity index (χ2n) is 8.01. The summed E-state index contributed by atoms with van der Waals surface area (Å²) in [4.78, 5) is 12.4. The predicted octanol–water partition coefficient (Wildman–Crippen LogP) is 5.57. The number of aliphatic hydroxyl groups excluding tert-OH is 2. The summed E-state index contributed by atoms with van der Waals surface area (Å²) >= 11 is 0. The molecule has 4 nitrogen and oxygen atoms in total. The molecule has 0 radical (unpaired) electrons. The highest BCUT2D eigenvalue weighted by atomic mass is 16.3. The van der Waals surface area contributed by atoms with E-state index in [2.05, 4.69) is 36.5 Å². The summed E-state index contributed by atoms with van der Waals surface area (Å²) in [7, 11) is 0. The molecule has 1 aliphatic heterocycles. The van der Waals surface area contributed by atoms with Crippen molar-refractivity contribution in [2.24, 2.45) is 0 Å². The van der Waals surface area contributed by atoms with Gasteiger partial charge in [0.25, 0.3) is 0 Å². The van der Waals surface area contributed by atoms with Gasteiger partial charge in [0.2, 0.25) is 5.91 Å². The molecule has 1 rings (SSSR count). The summed E-state index contributed by atoms with van der Waals surface area (Å²) in [5.41, 5.74) is 1.83. The lowest BCUT2D eigenvalue weighted by molar-refractivity contribution is -0.117. The van der Waals surface area contributed by atoms with Crippen molar-refractivity contribution in [1.29, 1.82) is 0 Å². The van der Waals surface area contributed by atoms with E-state index < -0.39 is 12.2 Å². The van der Waals surface area contributed by atoms with Crippen LogP contribution in [-0.4, -0.2) is 34.4 Å². The molecule has 1 amide bonds. The smallest absolute Gasteiger partial charge is 0.244 e. The van der Waals surface area contributed by atoms with E-state index in [1.807, 2.05) is 44.2 Å². The fourth-order valence-electron chi connectivity index (χ4n) is 2.92. The van der Waals surface area contributed by atoms with Crippen LogP contribution in [-0.2, 0) is 4.79 Å². The Balaban J connectivity index is 2.99. The van der Waals surface area contributed by atoms with Crippen molar-refractivity contribution in [3.8, 4) is 0 Å². The lowest BCUT2D eigenvalue weighted by atomic mass is 10.1. The molecule has 1 aliphatic rings. The maximum Gasteiger partial charge on any atom is 0.244 e. The summed E-state index contributed by atoms with van der Waals surface area (Å²) in [6, 6.07) is -0.00533. The van der Waals surface area contributed by atoms with Gasteiger partial charge in [-0.2, -0.15) is 0 Å². The molecular weight excluding hydrogens is 410 g/mol. The third-order valence-corrected chi connectivity index (χ3v) is 4.80. The van der Waals surface area contributed by atoms with Crippen LogP contribution in [0.2, 0.25) is 0 Å². The van der Waals surface area contributed by atoms with Gasteiger partial charge in [0, 0.05) is 12.1 Å². The first-order chi connectivity index (χ1) is 15.9. The Hall–Kier alpha value is -2.95. The minimum absolute atomic E-state index is 0.00533. The molecule has 3 atom stereocenters. The third kappa shape index (κ3) is 14.7. The fourth-order valence-corrected chi connectivity index (χ4v) is 2.92. The van der Waals surface area contributed by atoms with E-state index in [9.17, 15) is 15.0 Å². The Morgan fingerprint density at radius 2 is 1.64 bits per heavy atom. The number of rotatable bonds is 5. The lowest BCUT2D eigenvalue weighted by Gasteiger charge is -2.14. The summed E-state index contributed by atoms with van der Waals surface area (Å²) in [5.74, 6) is -0.153. The monoisotopic (exact) mass is 449 g/mol. The Kier molecular flexibility index (Phi) is 15.0. The molecule has 1 heterocycles. The summed E-state index contributed by atoms with van der Waals surface area (Å²) in [6.45, 7) is 5.96. The van der Waals surface area contributed by atoms with Crippen molar-refractivity contribution in [3.63, 3.8) is 0 Å². The van der Waals surface area contributed by atoms with Gasteiger partial charge in [-0.05, 0) is 33.1 Å². The van der Waals surface area contributed by atoms with Gasteiger partial charge in [-0.3, -0.25) is 4.79 Å². The molecule has 178 valence electrons. The van der Waals surface area contributed by atoms with Crippen molar-refractivity contribution >= 4 is 5.91 Å². The zero-order valence-corrected chi connectivity index (χ0v) is 20.1. The first-order valence-electron chi connectivity index (χ1n) is 11.6. The Morgan fingerprint density at radius 3 is 2.42 bits per heavy atom. The van der Waals surface area contributed by atoms with E-state index in [0.29, 0.717) is 0 Å². The number of aliphatic hydroxyl groups is 2. The van der Waals surface area contributed by atoms with Crippen LogP contribution in [0.15, 0.2) is 108 Å². The van der Waals surface area contributed by atoms with E-state index in [1.165, 1.54) is 6.08 Å². The van der Waals surface area contributed by atoms with Gasteiger partial charge in [-0.1, -0.05) is 116 Å². The quantitative estimate of drug-likeness (QED) is 0.480. The van der Waals surface area contributed by atoms with Gasteiger partial charge in [0.1, 0.15) is 12.2 Å². The van der Waals surface area contributed by atoms with Crippen LogP contribution < -0.4 is 5.32 Å². The number of carbonyl (C=O) groups excluding carboxylic acids is 1. The largest absolute Gasteiger partial charge is 0.386 e. The summed E-state index contributed by atoms with van der Waals surface area (Å²) in [6.07, 6.45) is 31.3. The molecule has 0 aromatic heterocycles. The number of carbonyl (C=O) groups is 1. The molecule has 0 saturated heterocycles. The minimum atomic E-state index is -1.01. The highest BCUT2D eigenvalue weighted by Gasteiger charge is 2.09. The van der Waals surface area contributed by atoms with Crippen LogP contribution in [0.3, 0.4) is 0 Å². The van der Waals surface area contributed by atoms with E-state index in [0.717, 1.165) is 36.8 Å². The minimum Gasteiger partial charge on any atom is -0.386 e. The molecule has 4 heteroatoms. The van der Waals surface area contributed by atoms with Crippen molar-refractivity contribution in [2.75, 3.05) is 0 Å². The molecule has 0 aromatic carbocycles. The molecular formula is C29H39NO3. The predicted molar refractivity (Wildman–Crippen MR) is 140 cm³/mol. The van der Waals surface area contributed by atoms with Gasteiger partial charge in [-0.25, -0.2) is 0 Å². The van der Waals surface area contributed by atoms with Gasteiger partial charge >= 0.3 is 0 Å². The Bertz CT molecular complexity index is 850. The number of hydrogen-bond donors (Lipinski definition) is 3. The van der Waals surface area contributed by atoms with Crippen molar-refractivity contribution in [3.05, 3.63) is 108 Å². The summed E-state index contributed by atoms with van der Waals surface area (Å²) < 4.78 is 0. The standard InChI is InChI=1S/C29H39NO3/c1-4-5-6-7-8-9-19-26-20-13-10-16-24(2)17-11-14-21-27(31)28(32)23-25(3)18-12-15-22-29(33)30-26/h6-18,21-23,26-28,31-32H,4-5,19-20H2,1-3H3,(H,30,33)/b7-6+,9-8+,13-10?,17-11?,18-12?,21-14?,22-15?,24-16?,25-23?. The zero-order chi connectivity index (χ0) is 24.3. The molecule has 0 fully saturated rings. The molecule has 3 N–H and O–H groups in total. The van der Waals surface area contributed by atoms with Gasteiger partial charge < -0.3 is 15.5 Å². The molecule has 0 spiro atoms. The third-order valence-electron chi connectivity index (χ3n) is 4.80. The molecule has 0 aliphatic carbocycles. The molecule has 0 aromatic rings. The van der Waals surface area contributed by atoms with Crippen LogP contribution in [0.1, 0.15) is 46.5 Å². The van der Waals surface area contributed by atoms with Crippen LogP contribution >= 0.6 is 0 Å². The molecule has 0 saturated carbocycles. The maximum absolute atomic E-state index is 12.4. The van der Waals surface area contributed by atoms with Crippen molar-refractivity contribution < 1.29 is 15.0 Å². The number of allylic oxidation sites excluding steroid dienone is 13. The van der Waals surface area contributed by atoms with Gasteiger partial charge in [-0.15, -0.1) is 0 Å². The molecule has 33 heavy (non-hydrogen) atoms. The SMILES string of the molecule is CCC/C=C/C=C/CC1CC=CC=C(C)C=CC=CC(O)C(O)C=C(C)C=CC=CC(=O)N1. The second kappa shape index (κ2) is 17.6. The zero-order valence-electron chi connectivity index (χ0n) is 20.1. The first-order valence-corrected chi connectivity index (χ1v) is 11.6. The first kappa shape index (κ1) is 28.1. The number of hydrogen-bond acceptors (Lipinski definition) is 3. The molecule has 3 unspecified atom stereocenters. The maximum atomic E-state index is 12.4. The fraction of sp³-hybridized carbons (Fsp3) is 0.345. The lowest BCUT2D eigenvalue weighted by Crippen LogP contribution is -2.32. The Labute approximate surface area is 199 Å². The number of amides is 1. The molecule has 0 bridgehead atoms. The topological polar surface area (TPSA) is 69.6 Å². The van der Waals surface area contributed by atoms with Crippen LogP contribution in [0.25, 0.3) is 0 Å². The highest BCUT2D eigenvalue weighted by Crippen LogP contribution is 2.06. The van der Waals surface area contributed by atoms with E-state index in [4.69, 9.17) is 0 Å². The average molecular weight is 450 g/mol. The highest BCUT2D eigenvalue weighted by molar-refractivity contribution is 5.88. The van der Waals surface area contributed by atoms with Gasteiger partial charge in [0.15, 0.2) is 0 Å². The van der Waals surface area contributed by atoms with Crippen LogP contribution in [0.4, 0.5) is 0 Å². The number of unbranched alkanes of at least 4 members (excludes halogenated alkanes) is 1. The van der Waals surface area contributed by atoms with E-state index in [1.54, 1.807) is 36.5 Å². The van der Waals surface area contributed by atoms with Gasteiger partial charge in [0.05, 0.1) is 0 Å². The second-order valence-corrected chi connectivity index (χ2v) is 8.01. The number of nitrogens with one attached hydrogen (secondary N) is 1. The van der Waals surface area contributed by atoms with Crippen LogP contribution in [0, 0.1) is 0 Å². The average Bonchev–Trinajstić information content (AvgIpc) is 2.78. The van der Waals surface area contributed by atoms with Crippen molar-refractivity contribution in [2.45, 2.75) is 64.7 Å². The van der Waals surface area contributed by atoms with Crippen molar-refractivity contribution in [1.82, 2.24) is 5.32 Å². The summed E-state index contributed by atoms with van der Waals surface area (Å²) in [5, 5.41) is 23.2. The van der Waals surface area contributed by atoms with Crippen LogP contribution in [0.5, 0.6) is 0 Å².